The molecule has 146 valence electrons. The van der Waals surface area contributed by atoms with Crippen LogP contribution in [-0.2, 0) is 25.5 Å². The highest BCUT2D eigenvalue weighted by atomic mass is 32.1. The molecule has 0 saturated heterocycles. The molecule has 1 aromatic carbocycles. The van der Waals surface area contributed by atoms with Crippen LogP contribution in [0.5, 0.6) is 0 Å². The third kappa shape index (κ3) is 6.45. The van der Waals surface area contributed by atoms with Crippen molar-refractivity contribution in [2.45, 2.75) is 39.2 Å². The number of carbonyl (C=O) groups is 2. The Bertz CT molecular complexity index is 756. The van der Waals surface area contributed by atoms with Crippen molar-refractivity contribution >= 4 is 23.2 Å². The van der Waals surface area contributed by atoms with Crippen molar-refractivity contribution in [2.24, 2.45) is 0 Å². The van der Waals surface area contributed by atoms with Gasteiger partial charge in [0, 0.05) is 24.6 Å². The van der Waals surface area contributed by atoms with E-state index in [-0.39, 0.29) is 12.3 Å². The quantitative estimate of drug-likeness (QED) is 0.526. The summed E-state index contributed by atoms with van der Waals surface area (Å²) in [6, 6.07) is 8.28. The van der Waals surface area contributed by atoms with E-state index < -0.39 is 12.1 Å². The molecule has 1 heterocycles. The second kappa shape index (κ2) is 10.2. The maximum atomic E-state index is 12.1. The van der Waals surface area contributed by atoms with Crippen molar-refractivity contribution < 1.29 is 19.1 Å². The van der Waals surface area contributed by atoms with Gasteiger partial charge in [0.2, 0.25) is 0 Å². The summed E-state index contributed by atoms with van der Waals surface area (Å²) in [7, 11) is 1.55. The number of aromatic nitrogens is 1. The molecule has 2 rings (SSSR count). The smallest absolute Gasteiger partial charge is 0.312 e. The number of methoxy groups -OCH3 is 1. The Hall–Kier alpha value is -2.25. The molecule has 6 nitrogen and oxygen atoms in total. The Kier molecular flexibility index (Phi) is 7.94. The first-order valence-corrected chi connectivity index (χ1v) is 9.79. The van der Waals surface area contributed by atoms with Gasteiger partial charge in [-0.25, -0.2) is 4.98 Å². The Morgan fingerprint density at radius 3 is 2.52 bits per heavy atom. The van der Waals surface area contributed by atoms with Crippen LogP contribution in [0.2, 0.25) is 0 Å². The van der Waals surface area contributed by atoms with Crippen LogP contribution in [0.1, 0.15) is 37.9 Å². The predicted molar refractivity (Wildman–Crippen MR) is 106 cm³/mol. The first-order chi connectivity index (χ1) is 12.9. The molecule has 0 fully saturated rings. The fourth-order valence-electron chi connectivity index (χ4n) is 2.39. The van der Waals surface area contributed by atoms with Crippen molar-refractivity contribution in [1.29, 1.82) is 0 Å². The first-order valence-electron chi connectivity index (χ1n) is 8.91. The number of thiazole rings is 1. The Labute approximate surface area is 163 Å². The van der Waals surface area contributed by atoms with Crippen molar-refractivity contribution in [3.63, 3.8) is 0 Å². The zero-order valence-electron chi connectivity index (χ0n) is 16.2. The number of rotatable bonds is 9. The fraction of sp³-hybridized carbons (Fsp3) is 0.450. The van der Waals surface area contributed by atoms with Gasteiger partial charge in [0.1, 0.15) is 5.01 Å². The van der Waals surface area contributed by atoms with Crippen molar-refractivity contribution in [2.75, 3.05) is 20.3 Å². The monoisotopic (exact) mass is 390 g/mol. The lowest BCUT2D eigenvalue weighted by Crippen LogP contribution is -2.37. The van der Waals surface area contributed by atoms with Crippen molar-refractivity contribution in [1.82, 2.24) is 10.3 Å². The van der Waals surface area contributed by atoms with Gasteiger partial charge in [-0.1, -0.05) is 38.1 Å². The van der Waals surface area contributed by atoms with Crippen LogP contribution in [0.4, 0.5) is 0 Å². The highest BCUT2D eigenvalue weighted by Gasteiger charge is 2.18. The average molecular weight is 391 g/mol. The van der Waals surface area contributed by atoms with E-state index in [0.717, 1.165) is 10.6 Å². The zero-order chi connectivity index (χ0) is 19.8. The molecule has 7 heteroatoms. The van der Waals surface area contributed by atoms with Gasteiger partial charge in [-0.15, -0.1) is 11.3 Å². The molecular weight excluding hydrogens is 364 g/mol. The average Bonchev–Trinajstić information content (AvgIpc) is 3.10. The molecule has 0 unspecified atom stereocenters. The molecule has 0 bridgehead atoms. The maximum Gasteiger partial charge on any atom is 0.312 e. The van der Waals surface area contributed by atoms with E-state index in [9.17, 15) is 9.59 Å². The zero-order valence-corrected chi connectivity index (χ0v) is 17.0. The number of amides is 1. The van der Waals surface area contributed by atoms with Crippen LogP contribution in [0.15, 0.2) is 29.6 Å². The molecule has 27 heavy (non-hydrogen) atoms. The first kappa shape index (κ1) is 21.1. The summed E-state index contributed by atoms with van der Waals surface area (Å²) in [5.74, 6) is -0.338. The van der Waals surface area contributed by atoms with Crippen LogP contribution in [-0.4, -0.2) is 43.2 Å². The molecule has 1 N–H and O–H groups in total. The molecule has 0 aliphatic heterocycles. The minimum Gasteiger partial charge on any atom is -0.452 e. The van der Waals surface area contributed by atoms with E-state index in [1.54, 1.807) is 14.0 Å². The van der Waals surface area contributed by atoms with Gasteiger partial charge in [0.15, 0.2) is 6.10 Å². The number of ether oxygens (including phenoxy) is 2. The van der Waals surface area contributed by atoms with E-state index in [1.165, 1.54) is 16.9 Å². The predicted octanol–water partition coefficient (Wildman–Crippen LogP) is 3.17. The largest absolute Gasteiger partial charge is 0.452 e. The Morgan fingerprint density at radius 2 is 1.89 bits per heavy atom. The summed E-state index contributed by atoms with van der Waals surface area (Å²) in [4.78, 5) is 28.4. The summed E-state index contributed by atoms with van der Waals surface area (Å²) in [5, 5.41) is 5.34. The topological polar surface area (TPSA) is 77.5 Å². The number of hydrogen-bond donors (Lipinski definition) is 1. The normalized spacial score (nSPS) is 12.0. The highest BCUT2D eigenvalue weighted by Crippen LogP contribution is 2.26. The van der Waals surface area contributed by atoms with E-state index in [1.807, 2.05) is 17.5 Å². The van der Waals surface area contributed by atoms with Gasteiger partial charge in [-0.05, 0) is 18.4 Å². The molecule has 0 spiro atoms. The molecule has 0 aliphatic rings. The fourth-order valence-corrected chi connectivity index (χ4v) is 3.22. The van der Waals surface area contributed by atoms with E-state index in [4.69, 9.17) is 9.47 Å². The lowest BCUT2D eigenvalue weighted by Gasteiger charge is -2.12. The van der Waals surface area contributed by atoms with Gasteiger partial charge in [0.25, 0.3) is 5.91 Å². The summed E-state index contributed by atoms with van der Waals surface area (Å²) < 4.78 is 10.0. The van der Waals surface area contributed by atoms with E-state index in [2.05, 4.69) is 36.3 Å². The molecule has 1 amide bonds. The number of esters is 1. The number of benzene rings is 1. The van der Waals surface area contributed by atoms with Gasteiger partial charge in [0.05, 0.1) is 18.7 Å². The van der Waals surface area contributed by atoms with Crippen LogP contribution in [0.25, 0.3) is 10.6 Å². The second-order valence-corrected chi connectivity index (χ2v) is 7.37. The number of carbonyl (C=O) groups excluding carboxylic acids is 2. The summed E-state index contributed by atoms with van der Waals surface area (Å²) in [6.45, 7) is 6.64. The van der Waals surface area contributed by atoms with Crippen LogP contribution >= 0.6 is 11.3 Å². The molecule has 2 aromatic rings. The minimum atomic E-state index is -0.851. The van der Waals surface area contributed by atoms with E-state index in [0.29, 0.717) is 24.8 Å². The molecule has 1 aromatic heterocycles. The van der Waals surface area contributed by atoms with Gasteiger partial charge >= 0.3 is 5.97 Å². The molecular formula is C20H26N2O4S. The summed E-state index contributed by atoms with van der Waals surface area (Å²) >= 11 is 1.49. The Morgan fingerprint density at radius 1 is 1.19 bits per heavy atom. The summed E-state index contributed by atoms with van der Waals surface area (Å²) in [5.41, 5.74) is 2.94. The van der Waals surface area contributed by atoms with Crippen LogP contribution < -0.4 is 5.32 Å². The minimum absolute atomic E-state index is 0.0380. The number of nitrogens with zero attached hydrogens (tertiary/aromatic N) is 1. The van der Waals surface area contributed by atoms with Gasteiger partial charge in [-0.2, -0.15) is 0 Å². The Balaban J connectivity index is 1.89. The maximum absolute atomic E-state index is 12.1. The van der Waals surface area contributed by atoms with Crippen LogP contribution in [0.3, 0.4) is 0 Å². The van der Waals surface area contributed by atoms with Crippen molar-refractivity contribution in [3.8, 4) is 10.6 Å². The standard InChI is InChI=1S/C20H26N2O4S/c1-13(2)15-5-7-16(8-6-15)20-22-17(12-27-20)11-18(23)26-14(3)19(24)21-9-10-25-4/h5-8,12-14H,9-11H2,1-4H3,(H,21,24)/t14-/m0/s1. The van der Waals surface area contributed by atoms with Gasteiger partial charge < -0.3 is 14.8 Å². The third-order valence-electron chi connectivity index (χ3n) is 3.98. The SMILES string of the molecule is COCCNC(=O)[C@H](C)OC(=O)Cc1csc(-c2ccc(C(C)C)cc2)n1. The van der Waals surface area contributed by atoms with Crippen LogP contribution in [0, 0.1) is 0 Å². The number of nitrogens with one attached hydrogen (secondary N) is 1. The van der Waals surface area contributed by atoms with Gasteiger partial charge in [-0.3, -0.25) is 9.59 Å². The number of hydrogen-bond acceptors (Lipinski definition) is 6. The lowest BCUT2D eigenvalue weighted by molar-refractivity contribution is -0.154. The third-order valence-corrected chi connectivity index (χ3v) is 4.92. The molecule has 1 atom stereocenters. The molecule has 0 saturated carbocycles. The molecule has 0 radical (unpaired) electrons. The lowest BCUT2D eigenvalue weighted by atomic mass is 10.0. The van der Waals surface area contributed by atoms with Crippen molar-refractivity contribution in [3.05, 3.63) is 40.9 Å². The highest BCUT2D eigenvalue weighted by molar-refractivity contribution is 7.13. The summed E-state index contributed by atoms with van der Waals surface area (Å²) in [6.07, 6.45) is -0.813. The molecule has 0 aliphatic carbocycles. The second-order valence-electron chi connectivity index (χ2n) is 6.51. The van der Waals surface area contributed by atoms with E-state index >= 15 is 0 Å².